The normalized spacial score (nSPS) is 17.8. The Labute approximate surface area is 125 Å². The summed E-state index contributed by atoms with van der Waals surface area (Å²) in [6, 6.07) is 8.35. The van der Waals surface area contributed by atoms with Crippen molar-refractivity contribution in [1.82, 2.24) is 20.4 Å². The first-order valence-electron chi connectivity index (χ1n) is 7.64. The summed E-state index contributed by atoms with van der Waals surface area (Å²) in [6.07, 6.45) is 0.993. The molecular formula is C16H22N4O. The molecule has 2 heterocycles. The van der Waals surface area contributed by atoms with Gasteiger partial charge in [-0.2, -0.15) is 4.98 Å². The zero-order valence-corrected chi connectivity index (χ0v) is 12.7. The molecule has 0 spiro atoms. The second-order valence-corrected chi connectivity index (χ2v) is 5.48. The molecule has 1 unspecified atom stereocenters. The highest BCUT2D eigenvalue weighted by atomic mass is 16.5. The van der Waals surface area contributed by atoms with Crippen molar-refractivity contribution in [2.75, 3.05) is 26.2 Å². The van der Waals surface area contributed by atoms with Crippen LogP contribution in [0.1, 0.15) is 30.8 Å². The van der Waals surface area contributed by atoms with Gasteiger partial charge in [-0.15, -0.1) is 0 Å². The van der Waals surface area contributed by atoms with Crippen LogP contribution in [0.15, 0.2) is 28.8 Å². The lowest BCUT2D eigenvalue weighted by Gasteiger charge is -2.32. The third-order valence-corrected chi connectivity index (χ3v) is 4.09. The highest BCUT2D eigenvalue weighted by molar-refractivity contribution is 5.57. The molecule has 1 fully saturated rings. The Morgan fingerprint density at radius 1 is 1.29 bits per heavy atom. The van der Waals surface area contributed by atoms with E-state index in [0.717, 1.165) is 49.6 Å². The minimum Gasteiger partial charge on any atom is -0.334 e. The maximum absolute atomic E-state index is 5.50. The number of hydrogen-bond donors (Lipinski definition) is 1. The van der Waals surface area contributed by atoms with Gasteiger partial charge in [0, 0.05) is 31.7 Å². The zero-order valence-electron chi connectivity index (χ0n) is 12.7. The molecule has 1 aliphatic heterocycles. The molecule has 0 amide bonds. The topological polar surface area (TPSA) is 54.2 Å². The van der Waals surface area contributed by atoms with Crippen LogP contribution in [0.2, 0.25) is 0 Å². The average Bonchev–Trinajstić information content (AvgIpc) is 2.99. The van der Waals surface area contributed by atoms with Crippen molar-refractivity contribution < 1.29 is 4.52 Å². The summed E-state index contributed by atoms with van der Waals surface area (Å²) in [4.78, 5) is 7.08. The van der Waals surface area contributed by atoms with Crippen LogP contribution in [0.5, 0.6) is 0 Å². The van der Waals surface area contributed by atoms with Gasteiger partial charge in [0.15, 0.2) is 5.82 Å². The fourth-order valence-corrected chi connectivity index (χ4v) is 2.89. The highest BCUT2D eigenvalue weighted by Gasteiger charge is 2.25. The van der Waals surface area contributed by atoms with Crippen LogP contribution in [-0.2, 0) is 0 Å². The molecule has 1 aromatic heterocycles. The van der Waals surface area contributed by atoms with Crippen LogP contribution >= 0.6 is 0 Å². The fourth-order valence-electron chi connectivity index (χ4n) is 2.89. The summed E-state index contributed by atoms with van der Waals surface area (Å²) in [5.41, 5.74) is 2.18. The summed E-state index contributed by atoms with van der Waals surface area (Å²) >= 11 is 0. The number of rotatable bonds is 4. The molecule has 0 radical (unpaired) electrons. The molecule has 0 bridgehead atoms. The molecule has 21 heavy (non-hydrogen) atoms. The van der Waals surface area contributed by atoms with Gasteiger partial charge in [-0.25, -0.2) is 0 Å². The second-order valence-electron chi connectivity index (χ2n) is 5.48. The predicted molar refractivity (Wildman–Crippen MR) is 81.9 cm³/mol. The summed E-state index contributed by atoms with van der Waals surface area (Å²) in [6.45, 7) is 8.36. The number of nitrogens with zero attached hydrogens (tertiary/aromatic N) is 3. The Bertz CT molecular complexity index is 589. The van der Waals surface area contributed by atoms with Crippen molar-refractivity contribution in [3.8, 4) is 11.5 Å². The van der Waals surface area contributed by atoms with Crippen LogP contribution in [0, 0.1) is 6.92 Å². The minimum atomic E-state index is 0.244. The van der Waals surface area contributed by atoms with Crippen molar-refractivity contribution in [3.63, 3.8) is 0 Å². The van der Waals surface area contributed by atoms with E-state index in [9.17, 15) is 0 Å². The zero-order chi connectivity index (χ0) is 14.7. The molecule has 112 valence electrons. The number of aromatic nitrogens is 2. The molecular weight excluding hydrogens is 264 g/mol. The van der Waals surface area contributed by atoms with Gasteiger partial charge in [0.25, 0.3) is 5.89 Å². The van der Waals surface area contributed by atoms with E-state index in [1.54, 1.807) is 0 Å². The summed E-state index contributed by atoms with van der Waals surface area (Å²) in [5.74, 6) is 1.43. The number of piperazine rings is 1. The average molecular weight is 286 g/mol. The van der Waals surface area contributed by atoms with Gasteiger partial charge in [0.1, 0.15) is 0 Å². The summed E-state index contributed by atoms with van der Waals surface area (Å²) < 4.78 is 5.50. The van der Waals surface area contributed by atoms with E-state index in [1.165, 1.54) is 0 Å². The Balaban J connectivity index is 1.84. The molecule has 1 N–H and O–H groups in total. The third-order valence-electron chi connectivity index (χ3n) is 4.09. The Kier molecular flexibility index (Phi) is 4.31. The molecule has 1 aliphatic rings. The Hall–Kier alpha value is -1.72. The molecule has 5 heteroatoms. The lowest BCUT2D eigenvalue weighted by Crippen LogP contribution is -2.45. The van der Waals surface area contributed by atoms with Crippen molar-refractivity contribution in [1.29, 1.82) is 0 Å². The van der Waals surface area contributed by atoms with E-state index < -0.39 is 0 Å². The van der Waals surface area contributed by atoms with E-state index in [2.05, 4.69) is 40.3 Å². The van der Waals surface area contributed by atoms with Gasteiger partial charge in [0.2, 0.25) is 0 Å². The van der Waals surface area contributed by atoms with Gasteiger partial charge in [-0.3, -0.25) is 4.90 Å². The fraction of sp³-hybridized carbons (Fsp3) is 0.500. The van der Waals surface area contributed by atoms with Crippen molar-refractivity contribution >= 4 is 0 Å². The van der Waals surface area contributed by atoms with Gasteiger partial charge in [0.05, 0.1) is 6.04 Å². The number of benzene rings is 1. The molecule has 1 atom stereocenters. The van der Waals surface area contributed by atoms with Crippen LogP contribution in [0.4, 0.5) is 0 Å². The van der Waals surface area contributed by atoms with E-state index in [1.807, 2.05) is 18.2 Å². The molecule has 1 saturated heterocycles. The number of nitrogens with one attached hydrogen (secondary N) is 1. The maximum Gasteiger partial charge on any atom is 0.258 e. The molecule has 0 aliphatic carbocycles. The van der Waals surface area contributed by atoms with Gasteiger partial charge in [-0.05, 0) is 25.0 Å². The monoisotopic (exact) mass is 286 g/mol. The standard InChI is InChI=1S/C16H22N4O/c1-3-14(20-10-8-17-9-11-20)15-18-16(21-19-15)13-7-5-4-6-12(13)2/h4-7,14,17H,3,8-11H2,1-2H3. The summed E-state index contributed by atoms with van der Waals surface area (Å²) in [5, 5.41) is 7.61. The van der Waals surface area contributed by atoms with Crippen LogP contribution < -0.4 is 5.32 Å². The molecule has 2 aromatic rings. The maximum atomic E-state index is 5.50. The Morgan fingerprint density at radius 3 is 2.76 bits per heavy atom. The van der Waals surface area contributed by atoms with E-state index in [0.29, 0.717) is 5.89 Å². The molecule has 0 saturated carbocycles. The largest absolute Gasteiger partial charge is 0.334 e. The first kappa shape index (κ1) is 14.2. The quantitative estimate of drug-likeness (QED) is 0.935. The van der Waals surface area contributed by atoms with E-state index >= 15 is 0 Å². The van der Waals surface area contributed by atoms with Gasteiger partial charge < -0.3 is 9.84 Å². The first-order valence-corrected chi connectivity index (χ1v) is 7.64. The van der Waals surface area contributed by atoms with Gasteiger partial charge >= 0.3 is 0 Å². The third kappa shape index (κ3) is 2.99. The molecule has 5 nitrogen and oxygen atoms in total. The van der Waals surface area contributed by atoms with Crippen molar-refractivity contribution in [2.45, 2.75) is 26.3 Å². The summed E-state index contributed by atoms with van der Waals surface area (Å²) in [7, 11) is 0. The second kappa shape index (κ2) is 6.37. The van der Waals surface area contributed by atoms with Crippen molar-refractivity contribution in [2.24, 2.45) is 0 Å². The van der Waals surface area contributed by atoms with E-state index in [-0.39, 0.29) is 6.04 Å². The van der Waals surface area contributed by atoms with Gasteiger partial charge in [-0.1, -0.05) is 30.3 Å². The lowest BCUT2D eigenvalue weighted by atomic mass is 10.1. The van der Waals surface area contributed by atoms with Crippen molar-refractivity contribution in [3.05, 3.63) is 35.7 Å². The van der Waals surface area contributed by atoms with Crippen LogP contribution in [0.25, 0.3) is 11.5 Å². The Morgan fingerprint density at radius 2 is 2.05 bits per heavy atom. The van der Waals surface area contributed by atoms with Crippen LogP contribution in [-0.4, -0.2) is 41.2 Å². The number of aryl methyl sites for hydroxylation is 1. The lowest BCUT2D eigenvalue weighted by molar-refractivity contribution is 0.160. The smallest absolute Gasteiger partial charge is 0.258 e. The SMILES string of the molecule is CCC(c1noc(-c2ccccc2C)n1)N1CCNCC1. The first-order chi connectivity index (χ1) is 10.3. The predicted octanol–water partition coefficient (Wildman–Crippen LogP) is 2.40. The van der Waals surface area contributed by atoms with Crippen LogP contribution in [0.3, 0.4) is 0 Å². The minimum absolute atomic E-state index is 0.244. The molecule has 3 rings (SSSR count). The highest BCUT2D eigenvalue weighted by Crippen LogP contribution is 2.26. The number of hydrogen-bond acceptors (Lipinski definition) is 5. The van der Waals surface area contributed by atoms with E-state index in [4.69, 9.17) is 4.52 Å². The molecule has 1 aromatic carbocycles.